The van der Waals surface area contributed by atoms with Crippen LogP contribution in [-0.4, -0.2) is 21.0 Å². The lowest BCUT2D eigenvalue weighted by Gasteiger charge is -2.14. The van der Waals surface area contributed by atoms with Crippen molar-refractivity contribution in [3.05, 3.63) is 81.8 Å². The SMILES string of the molecule is CC(NC(=O)c1cn[nH]c1-c1ccccc1F)c1cccc([N+](=O)[O-])c1. The molecule has 1 aromatic heterocycles. The quantitative estimate of drug-likeness (QED) is 0.540. The Morgan fingerprint density at radius 1 is 1.27 bits per heavy atom. The molecule has 1 amide bonds. The van der Waals surface area contributed by atoms with Crippen molar-refractivity contribution >= 4 is 11.6 Å². The minimum absolute atomic E-state index is 0.0565. The van der Waals surface area contributed by atoms with Crippen LogP contribution in [-0.2, 0) is 0 Å². The van der Waals surface area contributed by atoms with Gasteiger partial charge in [-0.2, -0.15) is 5.10 Å². The topological polar surface area (TPSA) is 101 Å². The molecule has 0 fully saturated rings. The van der Waals surface area contributed by atoms with Gasteiger partial charge in [0, 0.05) is 17.7 Å². The lowest BCUT2D eigenvalue weighted by atomic mass is 10.1. The first-order chi connectivity index (χ1) is 12.5. The van der Waals surface area contributed by atoms with E-state index >= 15 is 0 Å². The molecule has 0 saturated heterocycles. The number of nitrogens with zero attached hydrogens (tertiary/aromatic N) is 2. The molecule has 0 aliphatic rings. The first kappa shape index (κ1) is 17.3. The van der Waals surface area contributed by atoms with Crippen molar-refractivity contribution < 1.29 is 14.1 Å². The third-order valence-corrected chi connectivity index (χ3v) is 3.96. The molecular formula is C18H15FN4O3. The monoisotopic (exact) mass is 354 g/mol. The molecule has 1 unspecified atom stereocenters. The smallest absolute Gasteiger partial charge is 0.269 e. The predicted octanol–water partition coefficient (Wildman–Crippen LogP) is 3.62. The minimum Gasteiger partial charge on any atom is -0.345 e. The molecule has 0 aliphatic heterocycles. The van der Waals surface area contributed by atoms with Gasteiger partial charge in [-0.1, -0.05) is 24.3 Å². The van der Waals surface area contributed by atoms with E-state index in [1.165, 1.54) is 24.4 Å². The molecule has 7 nitrogen and oxygen atoms in total. The van der Waals surface area contributed by atoms with E-state index in [0.29, 0.717) is 5.56 Å². The fourth-order valence-electron chi connectivity index (χ4n) is 2.59. The Kier molecular flexibility index (Phi) is 4.74. The standard InChI is InChI=1S/C18H15FN4O3/c1-11(12-5-4-6-13(9-12)23(25)26)21-18(24)15-10-20-22-17(15)14-7-2-3-8-16(14)19/h2-11H,1H3,(H,20,22)(H,21,24). The zero-order chi connectivity index (χ0) is 18.7. The number of nitro groups is 1. The highest BCUT2D eigenvalue weighted by atomic mass is 19.1. The van der Waals surface area contributed by atoms with Crippen LogP contribution in [0.3, 0.4) is 0 Å². The van der Waals surface area contributed by atoms with Gasteiger partial charge in [0.15, 0.2) is 0 Å². The highest BCUT2D eigenvalue weighted by Crippen LogP contribution is 2.25. The van der Waals surface area contributed by atoms with Crippen LogP contribution in [0.15, 0.2) is 54.7 Å². The summed E-state index contributed by atoms with van der Waals surface area (Å²) in [7, 11) is 0. The Balaban J connectivity index is 1.83. The van der Waals surface area contributed by atoms with Gasteiger partial charge in [-0.25, -0.2) is 4.39 Å². The van der Waals surface area contributed by atoms with Gasteiger partial charge in [-0.05, 0) is 24.6 Å². The van der Waals surface area contributed by atoms with Crippen LogP contribution in [0.5, 0.6) is 0 Å². The summed E-state index contributed by atoms with van der Waals surface area (Å²) < 4.78 is 14.0. The normalized spacial score (nSPS) is 11.8. The first-order valence-corrected chi connectivity index (χ1v) is 7.81. The average Bonchev–Trinajstić information content (AvgIpc) is 3.11. The predicted molar refractivity (Wildman–Crippen MR) is 93.0 cm³/mol. The Bertz CT molecular complexity index is 970. The number of rotatable bonds is 5. The van der Waals surface area contributed by atoms with Gasteiger partial charge in [0.05, 0.1) is 28.4 Å². The van der Waals surface area contributed by atoms with Crippen molar-refractivity contribution in [3.8, 4) is 11.3 Å². The number of H-pyrrole nitrogens is 1. The second kappa shape index (κ2) is 7.14. The summed E-state index contributed by atoms with van der Waals surface area (Å²) in [6.45, 7) is 1.71. The van der Waals surface area contributed by atoms with E-state index in [4.69, 9.17) is 0 Å². The number of aromatic amines is 1. The Morgan fingerprint density at radius 2 is 2.04 bits per heavy atom. The van der Waals surface area contributed by atoms with E-state index in [9.17, 15) is 19.3 Å². The van der Waals surface area contributed by atoms with Gasteiger partial charge < -0.3 is 5.32 Å². The number of halogens is 1. The molecule has 3 aromatic rings. The largest absolute Gasteiger partial charge is 0.345 e. The molecular weight excluding hydrogens is 339 g/mol. The Labute approximate surface area is 148 Å². The molecule has 3 rings (SSSR count). The van der Waals surface area contributed by atoms with Crippen molar-refractivity contribution in [1.82, 2.24) is 15.5 Å². The molecule has 0 radical (unpaired) electrons. The van der Waals surface area contributed by atoms with Crippen molar-refractivity contribution in [2.45, 2.75) is 13.0 Å². The number of hydrogen-bond acceptors (Lipinski definition) is 4. The second-order valence-corrected chi connectivity index (χ2v) is 5.69. The molecule has 2 aromatic carbocycles. The summed E-state index contributed by atoms with van der Waals surface area (Å²) in [6, 6.07) is 11.6. The van der Waals surface area contributed by atoms with E-state index in [2.05, 4.69) is 15.5 Å². The van der Waals surface area contributed by atoms with Crippen LogP contribution in [0.1, 0.15) is 28.9 Å². The fraction of sp³-hybridized carbons (Fsp3) is 0.111. The lowest BCUT2D eigenvalue weighted by Crippen LogP contribution is -2.26. The third kappa shape index (κ3) is 3.44. The van der Waals surface area contributed by atoms with Crippen LogP contribution in [0.4, 0.5) is 10.1 Å². The van der Waals surface area contributed by atoms with E-state index in [0.717, 1.165) is 0 Å². The van der Waals surface area contributed by atoms with Crippen molar-refractivity contribution in [3.63, 3.8) is 0 Å². The maximum absolute atomic E-state index is 14.0. The van der Waals surface area contributed by atoms with Crippen LogP contribution in [0.25, 0.3) is 11.3 Å². The summed E-state index contributed by atoms with van der Waals surface area (Å²) in [4.78, 5) is 23.0. The number of nitrogens with one attached hydrogen (secondary N) is 2. The Morgan fingerprint density at radius 3 is 2.77 bits per heavy atom. The van der Waals surface area contributed by atoms with Gasteiger partial charge in [0.1, 0.15) is 5.82 Å². The molecule has 26 heavy (non-hydrogen) atoms. The number of carbonyl (C=O) groups is 1. The molecule has 0 saturated carbocycles. The number of hydrogen-bond donors (Lipinski definition) is 2. The molecule has 0 spiro atoms. The van der Waals surface area contributed by atoms with Crippen molar-refractivity contribution in [2.24, 2.45) is 0 Å². The number of benzene rings is 2. The summed E-state index contributed by atoms with van der Waals surface area (Å²) in [5.41, 5.74) is 1.22. The minimum atomic E-state index is -0.496. The second-order valence-electron chi connectivity index (χ2n) is 5.69. The highest BCUT2D eigenvalue weighted by molar-refractivity contribution is 6.00. The summed E-state index contributed by atoms with van der Waals surface area (Å²) in [5, 5.41) is 20.1. The summed E-state index contributed by atoms with van der Waals surface area (Å²) in [5.74, 6) is -0.937. The highest BCUT2D eigenvalue weighted by Gasteiger charge is 2.20. The van der Waals surface area contributed by atoms with Gasteiger partial charge in [0.25, 0.3) is 11.6 Å². The van der Waals surface area contributed by atoms with E-state index in [-0.39, 0.29) is 22.5 Å². The van der Waals surface area contributed by atoms with E-state index in [1.54, 1.807) is 37.3 Å². The average molecular weight is 354 g/mol. The molecule has 0 bridgehead atoms. The molecule has 2 N–H and O–H groups in total. The number of nitro benzene ring substituents is 1. The Hall–Kier alpha value is -3.55. The lowest BCUT2D eigenvalue weighted by molar-refractivity contribution is -0.384. The van der Waals surface area contributed by atoms with Crippen molar-refractivity contribution in [2.75, 3.05) is 0 Å². The third-order valence-electron chi connectivity index (χ3n) is 3.96. The van der Waals surface area contributed by atoms with Crippen LogP contribution >= 0.6 is 0 Å². The number of carbonyl (C=O) groups excluding carboxylic acids is 1. The molecule has 1 heterocycles. The van der Waals surface area contributed by atoms with Crippen molar-refractivity contribution in [1.29, 1.82) is 0 Å². The van der Waals surface area contributed by atoms with Gasteiger partial charge in [-0.3, -0.25) is 20.0 Å². The zero-order valence-electron chi connectivity index (χ0n) is 13.8. The van der Waals surface area contributed by atoms with Gasteiger partial charge in [-0.15, -0.1) is 0 Å². The van der Waals surface area contributed by atoms with Gasteiger partial charge >= 0.3 is 0 Å². The summed E-state index contributed by atoms with van der Waals surface area (Å²) in [6.07, 6.45) is 1.32. The maximum Gasteiger partial charge on any atom is 0.269 e. The van der Waals surface area contributed by atoms with E-state index in [1.807, 2.05) is 0 Å². The number of non-ortho nitro benzene ring substituents is 1. The van der Waals surface area contributed by atoms with E-state index < -0.39 is 22.7 Å². The fourth-order valence-corrected chi connectivity index (χ4v) is 2.59. The number of aromatic nitrogens is 2. The number of amides is 1. The van der Waals surface area contributed by atoms with Gasteiger partial charge in [0.2, 0.25) is 0 Å². The zero-order valence-corrected chi connectivity index (χ0v) is 13.8. The molecule has 8 heteroatoms. The van der Waals surface area contributed by atoms with Crippen LogP contribution in [0, 0.1) is 15.9 Å². The van der Waals surface area contributed by atoms with Crippen LogP contribution in [0.2, 0.25) is 0 Å². The molecule has 0 aliphatic carbocycles. The molecule has 132 valence electrons. The first-order valence-electron chi connectivity index (χ1n) is 7.81. The maximum atomic E-state index is 14.0. The molecule has 1 atom stereocenters. The van der Waals surface area contributed by atoms with Crippen LogP contribution < -0.4 is 5.32 Å². The summed E-state index contributed by atoms with van der Waals surface area (Å²) >= 11 is 0.